The molecule has 0 spiro atoms. The Labute approximate surface area is 102 Å². The Balaban J connectivity index is 1.43. The van der Waals surface area contributed by atoms with E-state index in [1.165, 1.54) is 5.56 Å². The maximum absolute atomic E-state index is 5.65. The second-order valence-corrected chi connectivity index (χ2v) is 4.44. The maximum atomic E-state index is 5.65. The van der Waals surface area contributed by atoms with E-state index >= 15 is 0 Å². The lowest BCUT2D eigenvalue weighted by atomic mass is 10.0. The highest BCUT2D eigenvalue weighted by Gasteiger charge is 2.13. The first-order valence-electron chi connectivity index (χ1n) is 6.32. The molecule has 0 atom stereocenters. The van der Waals surface area contributed by atoms with Crippen molar-refractivity contribution in [3.63, 3.8) is 0 Å². The van der Waals surface area contributed by atoms with Gasteiger partial charge in [-0.15, -0.1) is 0 Å². The Hall–Kier alpha value is -0.840. The molecule has 1 aromatic heterocycles. The minimum Gasteiger partial charge on any atom is -0.472 e. The van der Waals surface area contributed by atoms with Gasteiger partial charge in [0.2, 0.25) is 0 Å². The number of hydrogen-bond acceptors (Lipinski definition) is 4. The predicted octanol–water partition coefficient (Wildman–Crippen LogP) is 1.81. The van der Waals surface area contributed by atoms with E-state index in [-0.39, 0.29) is 0 Å². The Morgan fingerprint density at radius 2 is 2.24 bits per heavy atom. The smallest absolute Gasteiger partial charge is 0.0947 e. The van der Waals surface area contributed by atoms with E-state index < -0.39 is 0 Å². The summed E-state index contributed by atoms with van der Waals surface area (Å²) in [5, 5.41) is 3.32. The molecule has 0 unspecified atom stereocenters. The van der Waals surface area contributed by atoms with Gasteiger partial charge in [-0.3, -0.25) is 0 Å². The minimum atomic E-state index is 0.692. The molecule has 1 saturated heterocycles. The van der Waals surface area contributed by atoms with Gasteiger partial charge in [-0.2, -0.15) is 0 Å². The molecule has 4 nitrogen and oxygen atoms in total. The van der Waals surface area contributed by atoms with Crippen LogP contribution >= 0.6 is 0 Å². The minimum absolute atomic E-state index is 0.692. The first-order valence-corrected chi connectivity index (χ1v) is 6.32. The first kappa shape index (κ1) is 12.6. The van der Waals surface area contributed by atoms with Gasteiger partial charge < -0.3 is 19.2 Å². The van der Waals surface area contributed by atoms with Gasteiger partial charge in [-0.05, 0) is 24.8 Å². The standard InChI is InChI=1S/C13H21NO3/c1-5-15-6-2-12(1)10-17-8-4-14-9-13-3-7-16-11-13/h3,7,11-12,14H,1-2,4-6,8-10H2. The third-order valence-electron chi connectivity index (χ3n) is 3.03. The van der Waals surface area contributed by atoms with Crippen molar-refractivity contribution in [2.75, 3.05) is 33.0 Å². The third-order valence-corrected chi connectivity index (χ3v) is 3.03. The molecule has 17 heavy (non-hydrogen) atoms. The molecule has 0 aromatic carbocycles. The van der Waals surface area contributed by atoms with Crippen molar-refractivity contribution >= 4 is 0 Å². The van der Waals surface area contributed by atoms with Gasteiger partial charge in [0.1, 0.15) is 0 Å². The van der Waals surface area contributed by atoms with Gasteiger partial charge in [-0.25, -0.2) is 0 Å². The van der Waals surface area contributed by atoms with Crippen LogP contribution in [-0.2, 0) is 16.0 Å². The van der Waals surface area contributed by atoms with E-state index in [0.717, 1.165) is 52.4 Å². The molecule has 4 heteroatoms. The Bertz CT molecular complexity index is 281. The SMILES string of the molecule is c1cc(CNCCOCC2CCOCC2)co1. The van der Waals surface area contributed by atoms with Gasteiger partial charge in [0.05, 0.1) is 19.1 Å². The molecule has 0 bridgehead atoms. The lowest BCUT2D eigenvalue weighted by Crippen LogP contribution is -2.23. The summed E-state index contributed by atoms with van der Waals surface area (Å²) in [6.07, 6.45) is 5.74. The average Bonchev–Trinajstić information content (AvgIpc) is 2.88. The highest BCUT2D eigenvalue weighted by Crippen LogP contribution is 2.14. The molecule has 96 valence electrons. The van der Waals surface area contributed by atoms with Crippen LogP contribution < -0.4 is 5.32 Å². The topological polar surface area (TPSA) is 43.6 Å². The van der Waals surface area contributed by atoms with Gasteiger partial charge in [0, 0.05) is 38.5 Å². The fourth-order valence-corrected chi connectivity index (χ4v) is 1.93. The molecular formula is C13H21NO3. The van der Waals surface area contributed by atoms with Crippen molar-refractivity contribution in [3.05, 3.63) is 24.2 Å². The number of furan rings is 1. The van der Waals surface area contributed by atoms with Crippen LogP contribution in [0.15, 0.2) is 23.0 Å². The summed E-state index contributed by atoms with van der Waals surface area (Å²) in [4.78, 5) is 0. The van der Waals surface area contributed by atoms with E-state index in [4.69, 9.17) is 13.9 Å². The van der Waals surface area contributed by atoms with E-state index in [9.17, 15) is 0 Å². The number of nitrogens with one attached hydrogen (secondary N) is 1. The monoisotopic (exact) mass is 239 g/mol. The van der Waals surface area contributed by atoms with Crippen molar-refractivity contribution in [2.45, 2.75) is 19.4 Å². The average molecular weight is 239 g/mol. The summed E-state index contributed by atoms with van der Waals surface area (Å²) < 4.78 is 15.9. The second-order valence-electron chi connectivity index (χ2n) is 4.44. The summed E-state index contributed by atoms with van der Waals surface area (Å²) in [5.74, 6) is 0.692. The summed E-state index contributed by atoms with van der Waals surface area (Å²) in [6, 6.07) is 1.97. The summed E-state index contributed by atoms with van der Waals surface area (Å²) in [7, 11) is 0. The zero-order valence-corrected chi connectivity index (χ0v) is 10.2. The zero-order chi connectivity index (χ0) is 11.8. The summed E-state index contributed by atoms with van der Waals surface area (Å²) >= 11 is 0. The molecule has 1 aliphatic rings. The van der Waals surface area contributed by atoms with Crippen molar-refractivity contribution in [3.8, 4) is 0 Å². The molecule has 1 aliphatic heterocycles. The molecule has 1 aromatic rings. The number of rotatable bonds is 7. The summed E-state index contributed by atoms with van der Waals surface area (Å²) in [5.41, 5.74) is 1.18. The fourth-order valence-electron chi connectivity index (χ4n) is 1.93. The lowest BCUT2D eigenvalue weighted by Gasteiger charge is -2.21. The van der Waals surface area contributed by atoms with Gasteiger partial charge in [0.15, 0.2) is 0 Å². The van der Waals surface area contributed by atoms with Crippen molar-refractivity contribution in [1.29, 1.82) is 0 Å². The largest absolute Gasteiger partial charge is 0.472 e. The first-order chi connectivity index (χ1) is 8.45. The Morgan fingerprint density at radius 3 is 3.00 bits per heavy atom. The van der Waals surface area contributed by atoms with Crippen LogP contribution in [0.1, 0.15) is 18.4 Å². The number of hydrogen-bond donors (Lipinski definition) is 1. The maximum Gasteiger partial charge on any atom is 0.0947 e. The molecule has 0 amide bonds. The van der Waals surface area contributed by atoms with E-state index in [2.05, 4.69) is 5.32 Å². The highest BCUT2D eigenvalue weighted by atomic mass is 16.5. The number of ether oxygens (including phenoxy) is 2. The van der Waals surface area contributed by atoms with Gasteiger partial charge in [-0.1, -0.05) is 0 Å². The van der Waals surface area contributed by atoms with E-state index in [1.54, 1.807) is 12.5 Å². The Morgan fingerprint density at radius 1 is 1.35 bits per heavy atom. The molecular weight excluding hydrogens is 218 g/mol. The van der Waals surface area contributed by atoms with Crippen LogP contribution in [-0.4, -0.2) is 33.0 Å². The Kier molecular flexibility index (Phi) is 5.55. The molecule has 1 fully saturated rings. The quantitative estimate of drug-likeness (QED) is 0.737. The van der Waals surface area contributed by atoms with Crippen molar-refractivity contribution in [2.24, 2.45) is 5.92 Å². The predicted molar refractivity (Wildman–Crippen MR) is 64.8 cm³/mol. The van der Waals surface area contributed by atoms with E-state index in [0.29, 0.717) is 5.92 Å². The van der Waals surface area contributed by atoms with Crippen LogP contribution in [0.5, 0.6) is 0 Å². The van der Waals surface area contributed by atoms with E-state index in [1.807, 2.05) is 6.07 Å². The van der Waals surface area contributed by atoms with Crippen LogP contribution in [0.4, 0.5) is 0 Å². The van der Waals surface area contributed by atoms with Crippen molar-refractivity contribution in [1.82, 2.24) is 5.32 Å². The molecule has 1 N–H and O–H groups in total. The molecule has 2 heterocycles. The van der Waals surface area contributed by atoms with Crippen LogP contribution in [0, 0.1) is 5.92 Å². The van der Waals surface area contributed by atoms with Gasteiger partial charge in [0.25, 0.3) is 0 Å². The van der Waals surface area contributed by atoms with Crippen LogP contribution in [0.3, 0.4) is 0 Å². The van der Waals surface area contributed by atoms with Crippen LogP contribution in [0.2, 0.25) is 0 Å². The summed E-state index contributed by atoms with van der Waals surface area (Å²) in [6.45, 7) is 5.16. The normalized spacial score (nSPS) is 17.4. The molecule has 0 aliphatic carbocycles. The van der Waals surface area contributed by atoms with Gasteiger partial charge >= 0.3 is 0 Å². The molecule has 2 rings (SSSR count). The molecule has 0 saturated carbocycles. The lowest BCUT2D eigenvalue weighted by molar-refractivity contribution is 0.0214. The van der Waals surface area contributed by atoms with Crippen LogP contribution in [0.25, 0.3) is 0 Å². The highest BCUT2D eigenvalue weighted by molar-refractivity contribution is 5.04. The fraction of sp³-hybridized carbons (Fsp3) is 0.692. The third kappa shape index (κ3) is 4.89. The molecule has 0 radical (unpaired) electrons. The van der Waals surface area contributed by atoms with Crippen molar-refractivity contribution < 1.29 is 13.9 Å². The second kappa shape index (κ2) is 7.48. The zero-order valence-electron chi connectivity index (χ0n) is 10.2.